The van der Waals surface area contributed by atoms with E-state index in [1.165, 1.54) is 0 Å². The molecule has 60 heavy (non-hydrogen) atoms. The third kappa shape index (κ3) is 7.04. The molecule has 6 aromatic carbocycles. The van der Waals surface area contributed by atoms with Crippen LogP contribution in [0.15, 0.2) is 187 Å². The number of aliphatic hydroxyl groups is 1. The Bertz CT molecular complexity index is 2560. The van der Waals surface area contributed by atoms with E-state index in [-0.39, 0.29) is 23.5 Å². The third-order valence-corrected chi connectivity index (χ3v) is 11.1. The van der Waals surface area contributed by atoms with Crippen molar-refractivity contribution >= 4 is 17.1 Å². The molecule has 2 atom stereocenters. The van der Waals surface area contributed by atoms with Gasteiger partial charge in [-0.05, 0) is 59.4 Å². The quantitative estimate of drug-likeness (QED) is 0.0781. The SMILES string of the molecule is COc1ccc(C(OC(C)(CC(C)O)n2cnc3c(=O)[nH]c(N(OC)C(c4ccccc4)(c4ccccc4)c4ccccc4)nc32)(c2ccccc2)c2ccccc2)cc1. The molecule has 2 N–H and O–H groups in total. The monoisotopic (exact) mass is 797 g/mol. The molecule has 302 valence electrons. The zero-order valence-electron chi connectivity index (χ0n) is 34.0. The van der Waals surface area contributed by atoms with E-state index in [2.05, 4.69) is 9.97 Å². The molecule has 8 rings (SSSR count). The molecule has 0 saturated heterocycles. The summed E-state index contributed by atoms with van der Waals surface area (Å²) in [4.78, 5) is 33.7. The molecule has 0 bridgehead atoms. The molecule has 0 aliphatic heterocycles. The second-order valence-corrected chi connectivity index (χ2v) is 14.9. The van der Waals surface area contributed by atoms with Gasteiger partial charge in [-0.25, -0.2) is 10.0 Å². The Morgan fingerprint density at radius 3 is 1.52 bits per heavy atom. The lowest BCUT2D eigenvalue weighted by molar-refractivity contribution is -0.176. The molecule has 2 unspecified atom stereocenters. The molecule has 0 saturated carbocycles. The van der Waals surface area contributed by atoms with E-state index in [1.807, 2.05) is 183 Å². The minimum absolute atomic E-state index is 0.0921. The Kier molecular flexibility index (Phi) is 11.2. The first-order valence-corrected chi connectivity index (χ1v) is 19.9. The van der Waals surface area contributed by atoms with Crippen LogP contribution in [0.25, 0.3) is 11.2 Å². The molecule has 2 heterocycles. The number of fused-ring (bicyclic) bond motifs is 1. The standard InChI is InChI=1S/C50H47N5O5/c1-36(56)34-48(2,60-50(40-26-16-8-17-27-40,41-28-18-9-19-29-41)42-30-32-43(58-3)33-31-42)54-35-51-44-45(54)52-47(53-46(44)57)55(59-4)49(37-20-10-5-11-21-37,38-22-12-6-13-23-38)39-24-14-7-15-25-39/h5-33,35-36,56H,34H2,1-4H3,(H,52,53,57). The van der Waals surface area contributed by atoms with Gasteiger partial charge >= 0.3 is 0 Å². The highest BCUT2D eigenvalue weighted by atomic mass is 16.7. The van der Waals surface area contributed by atoms with Gasteiger partial charge in [0.1, 0.15) is 22.6 Å². The summed E-state index contributed by atoms with van der Waals surface area (Å²) in [6, 6.07) is 57.7. The molecule has 0 spiro atoms. The number of hydrogen-bond donors (Lipinski definition) is 2. The first kappa shape index (κ1) is 40.0. The molecule has 10 heteroatoms. The number of ether oxygens (including phenoxy) is 2. The Morgan fingerprint density at radius 1 is 0.667 bits per heavy atom. The zero-order chi connectivity index (χ0) is 41.7. The van der Waals surface area contributed by atoms with Crippen LogP contribution in [-0.2, 0) is 26.4 Å². The third-order valence-electron chi connectivity index (χ3n) is 11.1. The van der Waals surface area contributed by atoms with Gasteiger partial charge in [0, 0.05) is 6.42 Å². The van der Waals surface area contributed by atoms with E-state index in [4.69, 9.17) is 19.3 Å². The maximum atomic E-state index is 14.4. The molecule has 0 aliphatic rings. The normalized spacial score (nSPS) is 13.4. The topological polar surface area (TPSA) is 115 Å². The van der Waals surface area contributed by atoms with E-state index in [1.54, 1.807) is 37.1 Å². The smallest absolute Gasteiger partial charge is 0.280 e. The number of methoxy groups -OCH3 is 1. The van der Waals surface area contributed by atoms with Crippen LogP contribution in [0.4, 0.5) is 5.95 Å². The number of hydroxylamine groups is 1. The Labute approximate surface area is 349 Å². The largest absolute Gasteiger partial charge is 0.497 e. The van der Waals surface area contributed by atoms with Gasteiger partial charge in [-0.2, -0.15) is 4.98 Å². The summed E-state index contributed by atoms with van der Waals surface area (Å²) in [5.41, 5.74) is 1.19. The van der Waals surface area contributed by atoms with Gasteiger partial charge in [0.05, 0.1) is 26.7 Å². The maximum absolute atomic E-state index is 14.4. The summed E-state index contributed by atoms with van der Waals surface area (Å²) in [6.07, 6.45) is 0.797. The maximum Gasteiger partial charge on any atom is 0.280 e. The van der Waals surface area contributed by atoms with E-state index in [0.717, 1.165) is 33.4 Å². The van der Waals surface area contributed by atoms with Crippen molar-refractivity contribution < 1.29 is 19.4 Å². The van der Waals surface area contributed by atoms with E-state index in [0.29, 0.717) is 5.75 Å². The Morgan fingerprint density at radius 2 is 1.10 bits per heavy atom. The molecule has 8 aromatic rings. The number of aliphatic hydroxyl groups excluding tert-OH is 1. The van der Waals surface area contributed by atoms with Crippen LogP contribution in [0.1, 0.15) is 53.6 Å². The molecule has 2 aromatic heterocycles. The van der Waals surface area contributed by atoms with Gasteiger partial charge in [0.25, 0.3) is 5.56 Å². The summed E-state index contributed by atoms with van der Waals surface area (Å²) in [6.45, 7) is 3.61. The van der Waals surface area contributed by atoms with E-state index in [9.17, 15) is 9.90 Å². The molecule has 0 radical (unpaired) electrons. The fourth-order valence-corrected chi connectivity index (χ4v) is 8.53. The lowest BCUT2D eigenvalue weighted by Gasteiger charge is -2.45. The van der Waals surface area contributed by atoms with Crippen molar-refractivity contribution in [3.05, 3.63) is 226 Å². The minimum Gasteiger partial charge on any atom is -0.497 e. The molecule has 0 fully saturated rings. The fourth-order valence-electron chi connectivity index (χ4n) is 8.53. The molecule has 0 amide bonds. The number of aromatic nitrogens is 4. The zero-order valence-corrected chi connectivity index (χ0v) is 34.0. The molecule has 10 nitrogen and oxygen atoms in total. The number of nitrogens with zero attached hydrogens (tertiary/aromatic N) is 4. The van der Waals surface area contributed by atoms with Crippen molar-refractivity contribution in [1.29, 1.82) is 0 Å². The van der Waals surface area contributed by atoms with Gasteiger partial charge in [-0.3, -0.25) is 19.2 Å². The first-order valence-electron chi connectivity index (χ1n) is 19.9. The second-order valence-electron chi connectivity index (χ2n) is 14.9. The lowest BCUT2D eigenvalue weighted by Crippen LogP contribution is -2.49. The number of benzene rings is 6. The number of aromatic amines is 1. The van der Waals surface area contributed by atoms with Gasteiger partial charge in [-0.1, -0.05) is 164 Å². The Balaban J connectivity index is 1.39. The van der Waals surface area contributed by atoms with Crippen molar-refractivity contribution in [1.82, 2.24) is 19.5 Å². The first-order chi connectivity index (χ1) is 29.2. The van der Waals surface area contributed by atoms with Crippen LogP contribution in [0.5, 0.6) is 5.75 Å². The van der Waals surface area contributed by atoms with Crippen LogP contribution >= 0.6 is 0 Å². The van der Waals surface area contributed by atoms with Crippen molar-refractivity contribution in [2.45, 2.75) is 43.2 Å². The van der Waals surface area contributed by atoms with Crippen molar-refractivity contribution in [2.75, 3.05) is 19.3 Å². The number of rotatable bonds is 15. The summed E-state index contributed by atoms with van der Waals surface area (Å²) >= 11 is 0. The highest BCUT2D eigenvalue weighted by molar-refractivity contribution is 5.72. The summed E-state index contributed by atoms with van der Waals surface area (Å²) < 4.78 is 15.0. The lowest BCUT2D eigenvalue weighted by atomic mass is 9.76. The van der Waals surface area contributed by atoms with Gasteiger partial charge in [0.15, 0.2) is 11.2 Å². The minimum atomic E-state index is -1.39. The van der Waals surface area contributed by atoms with E-state index < -0.39 is 28.5 Å². The van der Waals surface area contributed by atoms with Crippen molar-refractivity contribution in [3.63, 3.8) is 0 Å². The van der Waals surface area contributed by atoms with Crippen LogP contribution in [0.3, 0.4) is 0 Å². The predicted octanol–water partition coefficient (Wildman–Crippen LogP) is 8.94. The average molecular weight is 798 g/mol. The number of H-pyrrole nitrogens is 1. The van der Waals surface area contributed by atoms with Crippen LogP contribution in [0, 0.1) is 0 Å². The number of anilines is 1. The van der Waals surface area contributed by atoms with Gasteiger partial charge in [0.2, 0.25) is 5.95 Å². The molecule has 0 aliphatic carbocycles. The molecular formula is C50H47N5O5. The highest BCUT2D eigenvalue weighted by Gasteiger charge is 2.48. The summed E-state index contributed by atoms with van der Waals surface area (Å²) in [7, 11) is 3.20. The van der Waals surface area contributed by atoms with Crippen LogP contribution in [0.2, 0.25) is 0 Å². The van der Waals surface area contributed by atoms with Crippen LogP contribution < -0.4 is 15.4 Å². The molecular weight excluding hydrogens is 751 g/mol. The predicted molar refractivity (Wildman–Crippen MR) is 234 cm³/mol. The van der Waals surface area contributed by atoms with Crippen LogP contribution in [-0.4, -0.2) is 44.9 Å². The summed E-state index contributed by atoms with van der Waals surface area (Å²) in [5.74, 6) is 0.817. The fraction of sp³-hybridized carbons (Fsp3) is 0.180. The second kappa shape index (κ2) is 16.8. The van der Waals surface area contributed by atoms with Gasteiger partial charge < -0.3 is 14.6 Å². The van der Waals surface area contributed by atoms with E-state index >= 15 is 0 Å². The number of nitrogens with one attached hydrogen (secondary N) is 1. The summed E-state index contributed by atoms with van der Waals surface area (Å²) in [5, 5.41) is 13.0. The number of hydrogen-bond acceptors (Lipinski definition) is 8. The average Bonchev–Trinajstić information content (AvgIpc) is 3.75. The van der Waals surface area contributed by atoms with Gasteiger partial charge in [-0.15, -0.1) is 0 Å². The highest BCUT2D eigenvalue weighted by Crippen LogP contribution is 2.48. The van der Waals surface area contributed by atoms with Crippen molar-refractivity contribution in [2.24, 2.45) is 0 Å². The number of imidazole rings is 1. The van der Waals surface area contributed by atoms with Crippen molar-refractivity contribution in [3.8, 4) is 5.75 Å². The Hall–Kier alpha value is -6.85.